The van der Waals surface area contributed by atoms with Gasteiger partial charge in [0.15, 0.2) is 0 Å². The van der Waals surface area contributed by atoms with Gasteiger partial charge in [-0.25, -0.2) is 17.9 Å². The third-order valence-electron chi connectivity index (χ3n) is 7.10. The molecule has 4 rings (SSSR count). The third-order valence-corrected chi connectivity index (χ3v) is 8.30. The molecule has 1 aliphatic heterocycles. The van der Waals surface area contributed by atoms with Crippen molar-refractivity contribution in [1.82, 2.24) is 14.9 Å². The SMILES string of the molecule is CS(=O)(=O)NC1CCN(CC[C@@H](CNC(=O)Nc2cc(Cl)cc(Cl)c2)c2ccc(-c3cccc(C#N)c3)cc2)CC1. The van der Waals surface area contributed by atoms with Crippen LogP contribution in [0.15, 0.2) is 66.7 Å². The Morgan fingerprint density at radius 3 is 2.34 bits per heavy atom. The van der Waals surface area contributed by atoms with E-state index in [9.17, 15) is 18.5 Å². The number of nitriles is 1. The highest BCUT2D eigenvalue weighted by Crippen LogP contribution is 2.27. The summed E-state index contributed by atoms with van der Waals surface area (Å²) in [5, 5.41) is 15.9. The zero-order valence-corrected chi connectivity index (χ0v) is 25.1. The van der Waals surface area contributed by atoms with Crippen LogP contribution in [0.3, 0.4) is 0 Å². The van der Waals surface area contributed by atoms with Gasteiger partial charge in [-0.3, -0.25) is 0 Å². The van der Waals surface area contributed by atoms with E-state index in [2.05, 4.69) is 38.5 Å². The summed E-state index contributed by atoms with van der Waals surface area (Å²) in [5.74, 6) is 0.0371. The number of nitrogens with one attached hydrogen (secondary N) is 3. The second kappa shape index (κ2) is 14.2. The van der Waals surface area contributed by atoms with Crippen molar-refractivity contribution in [1.29, 1.82) is 5.26 Å². The Morgan fingerprint density at radius 1 is 1.02 bits per heavy atom. The summed E-state index contributed by atoms with van der Waals surface area (Å²) in [6.07, 6.45) is 3.52. The predicted molar refractivity (Wildman–Crippen MR) is 165 cm³/mol. The first-order valence-corrected chi connectivity index (χ1v) is 16.0. The van der Waals surface area contributed by atoms with E-state index in [4.69, 9.17) is 23.2 Å². The van der Waals surface area contributed by atoms with Gasteiger partial charge in [0.25, 0.3) is 0 Å². The van der Waals surface area contributed by atoms with Gasteiger partial charge >= 0.3 is 6.03 Å². The molecule has 0 aliphatic carbocycles. The van der Waals surface area contributed by atoms with E-state index in [1.54, 1.807) is 24.3 Å². The van der Waals surface area contributed by atoms with Crippen LogP contribution in [-0.2, 0) is 10.0 Å². The monoisotopic (exact) mass is 613 g/mol. The van der Waals surface area contributed by atoms with Crippen LogP contribution in [0, 0.1) is 11.3 Å². The Morgan fingerprint density at radius 2 is 1.71 bits per heavy atom. The quantitative estimate of drug-likeness (QED) is 0.266. The highest BCUT2D eigenvalue weighted by atomic mass is 35.5. The number of urea groups is 1. The molecular weight excluding hydrogens is 581 g/mol. The standard InChI is InChI=1S/C30H33Cl2N5O3S/c1-41(39,40)36-28-10-13-37(14-11-28)12-9-25(20-34-30(38)35-29-17-26(31)16-27(32)18-29)23-7-5-22(6-8-23)24-4-2-3-21(15-24)19-33/h2-8,15-18,25,28,36H,9-14,20H2,1H3,(H2,34,35,38)/t25-/m0/s1. The molecule has 0 aromatic heterocycles. The summed E-state index contributed by atoms with van der Waals surface area (Å²) < 4.78 is 25.9. The van der Waals surface area contributed by atoms with Gasteiger partial charge in [0.05, 0.1) is 17.9 Å². The van der Waals surface area contributed by atoms with E-state index in [-0.39, 0.29) is 18.0 Å². The number of benzene rings is 3. The zero-order valence-electron chi connectivity index (χ0n) is 22.7. The summed E-state index contributed by atoms with van der Waals surface area (Å²) in [4.78, 5) is 15.1. The van der Waals surface area contributed by atoms with Crippen LogP contribution in [0.4, 0.5) is 10.5 Å². The van der Waals surface area contributed by atoms with Crippen molar-refractivity contribution >= 4 is 44.9 Å². The van der Waals surface area contributed by atoms with Crippen molar-refractivity contribution in [2.75, 3.05) is 37.8 Å². The lowest BCUT2D eigenvalue weighted by molar-refractivity contribution is 0.200. The molecule has 1 aliphatic rings. The van der Waals surface area contributed by atoms with Crippen molar-refractivity contribution in [3.8, 4) is 17.2 Å². The first kappa shape index (κ1) is 30.8. The number of rotatable bonds is 10. The van der Waals surface area contributed by atoms with Gasteiger partial charge in [-0.15, -0.1) is 0 Å². The Kier molecular flexibility index (Phi) is 10.6. The molecule has 0 bridgehead atoms. The maximum absolute atomic E-state index is 12.7. The molecule has 0 spiro atoms. The molecule has 1 saturated heterocycles. The zero-order chi connectivity index (χ0) is 29.4. The number of hydrogen-bond donors (Lipinski definition) is 3. The molecule has 2 amide bonds. The van der Waals surface area contributed by atoms with Crippen molar-refractivity contribution < 1.29 is 13.2 Å². The number of halogens is 2. The van der Waals surface area contributed by atoms with Gasteiger partial charge in [-0.1, -0.05) is 59.6 Å². The van der Waals surface area contributed by atoms with Gasteiger partial charge in [-0.2, -0.15) is 5.26 Å². The van der Waals surface area contributed by atoms with Gasteiger partial charge in [0.1, 0.15) is 0 Å². The summed E-state index contributed by atoms with van der Waals surface area (Å²) in [5.41, 5.74) is 4.18. The number of anilines is 1. The minimum absolute atomic E-state index is 0.0329. The summed E-state index contributed by atoms with van der Waals surface area (Å²) in [6, 6.07) is 22.4. The molecule has 3 N–H and O–H groups in total. The van der Waals surface area contributed by atoms with E-state index in [0.29, 0.717) is 27.8 Å². The minimum Gasteiger partial charge on any atom is -0.337 e. The van der Waals surface area contributed by atoms with Crippen LogP contribution in [0.1, 0.15) is 36.3 Å². The lowest BCUT2D eigenvalue weighted by Gasteiger charge is -2.33. The Labute approximate surface area is 251 Å². The van der Waals surface area contributed by atoms with E-state index >= 15 is 0 Å². The molecule has 8 nitrogen and oxygen atoms in total. The predicted octanol–water partition coefficient (Wildman–Crippen LogP) is 5.84. The second-order valence-electron chi connectivity index (χ2n) is 10.3. The molecule has 1 heterocycles. The highest BCUT2D eigenvalue weighted by molar-refractivity contribution is 7.88. The Balaban J connectivity index is 1.42. The number of hydrogen-bond acceptors (Lipinski definition) is 5. The molecular formula is C30H33Cl2N5O3S. The molecule has 3 aromatic rings. The maximum Gasteiger partial charge on any atom is 0.319 e. The lowest BCUT2D eigenvalue weighted by atomic mass is 9.92. The number of carbonyl (C=O) groups excluding carboxylic acids is 1. The molecule has 1 fully saturated rings. The molecule has 3 aromatic carbocycles. The maximum atomic E-state index is 12.7. The van der Waals surface area contributed by atoms with Crippen molar-refractivity contribution in [2.45, 2.75) is 31.2 Å². The van der Waals surface area contributed by atoms with E-state index < -0.39 is 10.0 Å². The molecule has 0 saturated carbocycles. The van der Waals surface area contributed by atoms with Crippen LogP contribution in [0.2, 0.25) is 10.0 Å². The molecule has 1 atom stereocenters. The minimum atomic E-state index is -3.22. The fraction of sp³-hybridized carbons (Fsp3) is 0.333. The van der Waals surface area contributed by atoms with Gasteiger partial charge < -0.3 is 15.5 Å². The van der Waals surface area contributed by atoms with Crippen LogP contribution in [0.25, 0.3) is 11.1 Å². The number of likely N-dealkylation sites (tertiary alicyclic amines) is 1. The number of carbonyl (C=O) groups is 1. The normalized spacial score (nSPS) is 15.2. The number of sulfonamides is 1. The smallest absolute Gasteiger partial charge is 0.319 e. The fourth-order valence-corrected chi connectivity index (χ4v) is 6.40. The van der Waals surface area contributed by atoms with E-state index in [1.807, 2.05) is 30.3 Å². The topological polar surface area (TPSA) is 114 Å². The largest absolute Gasteiger partial charge is 0.337 e. The molecule has 0 unspecified atom stereocenters. The number of nitrogens with zero attached hydrogens (tertiary/aromatic N) is 2. The highest BCUT2D eigenvalue weighted by Gasteiger charge is 2.23. The Hall–Kier alpha value is -3.13. The summed E-state index contributed by atoms with van der Waals surface area (Å²) in [7, 11) is -3.22. The van der Waals surface area contributed by atoms with Gasteiger partial charge in [0.2, 0.25) is 10.0 Å². The number of piperidine rings is 1. The third kappa shape index (κ3) is 9.73. The van der Waals surface area contributed by atoms with Crippen molar-refractivity contribution in [2.24, 2.45) is 0 Å². The molecule has 41 heavy (non-hydrogen) atoms. The van der Waals surface area contributed by atoms with Crippen molar-refractivity contribution in [3.63, 3.8) is 0 Å². The first-order chi connectivity index (χ1) is 19.6. The summed E-state index contributed by atoms with van der Waals surface area (Å²) in [6.45, 7) is 2.83. The molecule has 216 valence electrons. The van der Waals surface area contributed by atoms with Crippen LogP contribution in [-0.4, -0.2) is 57.8 Å². The lowest BCUT2D eigenvalue weighted by Crippen LogP contribution is -2.44. The average molecular weight is 615 g/mol. The van der Waals surface area contributed by atoms with Crippen LogP contribution < -0.4 is 15.4 Å². The van der Waals surface area contributed by atoms with E-state index in [1.165, 1.54) is 6.26 Å². The van der Waals surface area contributed by atoms with Crippen molar-refractivity contribution in [3.05, 3.63) is 87.9 Å². The number of amides is 2. The van der Waals surface area contributed by atoms with Crippen LogP contribution in [0.5, 0.6) is 0 Å². The summed E-state index contributed by atoms with van der Waals surface area (Å²) >= 11 is 12.1. The molecule has 0 radical (unpaired) electrons. The Bertz CT molecular complexity index is 1480. The fourth-order valence-electron chi connectivity index (χ4n) is 5.04. The van der Waals surface area contributed by atoms with E-state index in [0.717, 1.165) is 55.6 Å². The average Bonchev–Trinajstić information content (AvgIpc) is 2.93. The molecule has 11 heteroatoms. The van der Waals surface area contributed by atoms with Gasteiger partial charge in [0, 0.05) is 34.2 Å². The van der Waals surface area contributed by atoms with Crippen LogP contribution >= 0.6 is 23.2 Å². The first-order valence-electron chi connectivity index (χ1n) is 13.4. The second-order valence-corrected chi connectivity index (χ2v) is 13.0. The van der Waals surface area contributed by atoms with Gasteiger partial charge in [-0.05, 0) is 85.9 Å².